The van der Waals surface area contributed by atoms with Crippen molar-refractivity contribution >= 4 is 33.3 Å². The van der Waals surface area contributed by atoms with Crippen LogP contribution in [0.4, 0.5) is 5.82 Å². The molecule has 1 aromatic heterocycles. The van der Waals surface area contributed by atoms with Gasteiger partial charge >= 0.3 is 0 Å². The quantitative estimate of drug-likeness (QED) is 0.747. The summed E-state index contributed by atoms with van der Waals surface area (Å²) in [6, 6.07) is 2.09. The number of anilines is 1. The van der Waals surface area contributed by atoms with Gasteiger partial charge in [0.25, 0.3) is 0 Å². The van der Waals surface area contributed by atoms with Gasteiger partial charge in [-0.05, 0) is 66.7 Å². The molecule has 0 bridgehead atoms. The molecule has 0 N–H and O–H groups in total. The van der Waals surface area contributed by atoms with Crippen LogP contribution in [-0.2, 0) is 5.88 Å². The molecule has 21 heavy (non-hydrogen) atoms. The number of rotatable bonds is 4. The van der Waals surface area contributed by atoms with Gasteiger partial charge in [-0.3, -0.25) is 0 Å². The van der Waals surface area contributed by atoms with E-state index in [-0.39, 0.29) is 0 Å². The first-order valence-corrected chi connectivity index (χ1v) is 9.26. The van der Waals surface area contributed by atoms with Gasteiger partial charge in [0.2, 0.25) is 0 Å². The fourth-order valence-corrected chi connectivity index (χ4v) is 4.09. The normalized spacial score (nSPS) is 21.1. The Bertz CT molecular complexity index is 469. The van der Waals surface area contributed by atoms with Gasteiger partial charge < -0.3 is 9.80 Å². The average molecular weight is 373 g/mol. The van der Waals surface area contributed by atoms with E-state index >= 15 is 0 Å². The molecule has 0 saturated carbocycles. The highest BCUT2D eigenvalue weighted by Gasteiger charge is 2.24. The molecule has 3 heterocycles. The average Bonchev–Trinajstić information content (AvgIpc) is 3.01. The van der Waals surface area contributed by atoms with Gasteiger partial charge in [0.1, 0.15) is 5.82 Å². The summed E-state index contributed by atoms with van der Waals surface area (Å²) in [5, 5.41) is 0. The van der Waals surface area contributed by atoms with Crippen LogP contribution in [-0.4, -0.2) is 42.6 Å². The number of hydrogen-bond acceptors (Lipinski definition) is 3. The number of alkyl halides is 1. The van der Waals surface area contributed by atoms with Crippen molar-refractivity contribution in [1.82, 2.24) is 9.88 Å². The Morgan fingerprint density at radius 3 is 2.57 bits per heavy atom. The van der Waals surface area contributed by atoms with Gasteiger partial charge in [0.15, 0.2) is 0 Å². The minimum atomic E-state index is 0.523. The highest BCUT2D eigenvalue weighted by Crippen LogP contribution is 2.28. The van der Waals surface area contributed by atoms with E-state index < -0.39 is 0 Å². The van der Waals surface area contributed by atoms with Crippen molar-refractivity contribution in [1.29, 1.82) is 0 Å². The third-order valence-electron chi connectivity index (χ3n) is 4.68. The van der Waals surface area contributed by atoms with Crippen LogP contribution in [0.5, 0.6) is 0 Å². The molecule has 0 amide bonds. The number of piperidine rings is 1. The molecule has 1 aromatic rings. The van der Waals surface area contributed by atoms with E-state index in [1.54, 1.807) is 0 Å². The Kier molecular flexibility index (Phi) is 5.41. The van der Waals surface area contributed by atoms with Crippen LogP contribution in [0.25, 0.3) is 0 Å². The number of likely N-dealkylation sites (tertiary alicyclic amines) is 1. The SMILES string of the molecule is ClCc1cc(Br)cnc1N1CCC(CN2CCCC2)CC1. The van der Waals surface area contributed by atoms with Crippen LogP contribution in [0.15, 0.2) is 16.7 Å². The molecule has 0 unspecified atom stereocenters. The Balaban J connectivity index is 1.57. The predicted molar refractivity (Wildman–Crippen MR) is 92.1 cm³/mol. The monoisotopic (exact) mass is 371 g/mol. The Morgan fingerprint density at radius 1 is 1.19 bits per heavy atom. The van der Waals surface area contributed by atoms with Gasteiger partial charge in [0, 0.05) is 35.9 Å². The van der Waals surface area contributed by atoms with Crippen molar-refractivity contribution in [2.24, 2.45) is 5.92 Å². The molecule has 2 fully saturated rings. The molecule has 2 aliphatic heterocycles. The number of hydrogen-bond donors (Lipinski definition) is 0. The van der Waals surface area contributed by atoms with Gasteiger partial charge in [-0.15, -0.1) is 11.6 Å². The molecule has 3 nitrogen and oxygen atoms in total. The summed E-state index contributed by atoms with van der Waals surface area (Å²) in [6.07, 6.45) is 7.20. The zero-order valence-electron chi connectivity index (χ0n) is 12.4. The van der Waals surface area contributed by atoms with Crippen molar-refractivity contribution < 1.29 is 0 Å². The van der Waals surface area contributed by atoms with E-state index in [1.165, 1.54) is 45.3 Å². The van der Waals surface area contributed by atoms with E-state index in [9.17, 15) is 0 Å². The number of halogens is 2. The lowest BCUT2D eigenvalue weighted by Crippen LogP contribution is -2.38. The first-order valence-electron chi connectivity index (χ1n) is 7.94. The maximum atomic E-state index is 6.07. The summed E-state index contributed by atoms with van der Waals surface area (Å²) in [4.78, 5) is 9.63. The van der Waals surface area contributed by atoms with Gasteiger partial charge in [0.05, 0.1) is 5.88 Å². The van der Waals surface area contributed by atoms with Crippen LogP contribution in [0, 0.1) is 5.92 Å². The minimum Gasteiger partial charge on any atom is -0.356 e. The molecule has 5 heteroatoms. The third-order valence-corrected chi connectivity index (χ3v) is 5.40. The Morgan fingerprint density at radius 2 is 1.90 bits per heavy atom. The van der Waals surface area contributed by atoms with Crippen molar-refractivity contribution in [3.63, 3.8) is 0 Å². The van der Waals surface area contributed by atoms with Crippen molar-refractivity contribution in [2.75, 3.05) is 37.6 Å². The second-order valence-corrected chi connectivity index (χ2v) is 7.39. The smallest absolute Gasteiger partial charge is 0.133 e. The van der Waals surface area contributed by atoms with Crippen LogP contribution >= 0.6 is 27.5 Å². The zero-order valence-corrected chi connectivity index (χ0v) is 14.7. The topological polar surface area (TPSA) is 19.4 Å². The summed E-state index contributed by atoms with van der Waals surface area (Å²) in [6.45, 7) is 6.13. The molecule has 2 saturated heterocycles. The first kappa shape index (κ1) is 15.6. The number of pyridine rings is 1. The van der Waals surface area contributed by atoms with Gasteiger partial charge in [-0.2, -0.15) is 0 Å². The molecule has 0 radical (unpaired) electrons. The largest absolute Gasteiger partial charge is 0.356 e. The highest BCUT2D eigenvalue weighted by molar-refractivity contribution is 9.10. The second kappa shape index (κ2) is 7.30. The summed E-state index contributed by atoms with van der Waals surface area (Å²) >= 11 is 9.55. The maximum Gasteiger partial charge on any atom is 0.133 e. The first-order chi connectivity index (χ1) is 10.3. The molecule has 0 aliphatic carbocycles. The van der Waals surface area contributed by atoms with Gasteiger partial charge in [-0.1, -0.05) is 0 Å². The van der Waals surface area contributed by atoms with E-state index in [0.29, 0.717) is 5.88 Å². The predicted octanol–water partition coefficient (Wildman–Crippen LogP) is 3.90. The third kappa shape index (κ3) is 3.91. The molecule has 0 atom stereocenters. The molecule has 0 aromatic carbocycles. The van der Waals surface area contributed by atoms with Crippen LogP contribution in [0.3, 0.4) is 0 Å². The molecule has 2 aliphatic rings. The van der Waals surface area contributed by atoms with Crippen LogP contribution in [0.2, 0.25) is 0 Å². The standard InChI is InChI=1S/C16H23BrClN3/c17-15-9-14(10-18)16(19-11-15)21-7-3-13(4-8-21)12-20-5-1-2-6-20/h9,11,13H,1-8,10,12H2. The van der Waals surface area contributed by atoms with E-state index in [2.05, 4.69) is 36.8 Å². The summed E-state index contributed by atoms with van der Waals surface area (Å²) in [7, 11) is 0. The second-order valence-electron chi connectivity index (χ2n) is 6.21. The number of nitrogens with zero attached hydrogens (tertiary/aromatic N) is 3. The van der Waals surface area contributed by atoms with Gasteiger partial charge in [-0.25, -0.2) is 4.98 Å². The van der Waals surface area contributed by atoms with Crippen LogP contribution < -0.4 is 4.90 Å². The fraction of sp³-hybridized carbons (Fsp3) is 0.688. The summed E-state index contributed by atoms with van der Waals surface area (Å²) < 4.78 is 1.01. The molecule has 0 spiro atoms. The summed E-state index contributed by atoms with van der Waals surface area (Å²) in [5.74, 6) is 2.46. The minimum absolute atomic E-state index is 0.523. The molecular weight excluding hydrogens is 350 g/mol. The van der Waals surface area contributed by atoms with E-state index in [0.717, 1.165) is 34.9 Å². The molecule has 3 rings (SSSR count). The van der Waals surface area contributed by atoms with Crippen molar-refractivity contribution in [2.45, 2.75) is 31.6 Å². The number of aromatic nitrogens is 1. The Labute approximate surface area is 140 Å². The zero-order chi connectivity index (χ0) is 14.7. The fourth-order valence-electron chi connectivity index (χ4n) is 3.51. The van der Waals surface area contributed by atoms with E-state index in [4.69, 9.17) is 11.6 Å². The summed E-state index contributed by atoms with van der Waals surface area (Å²) in [5.41, 5.74) is 1.13. The van der Waals surface area contributed by atoms with E-state index in [1.807, 2.05) is 6.20 Å². The lowest BCUT2D eigenvalue weighted by atomic mass is 9.96. The lowest BCUT2D eigenvalue weighted by molar-refractivity contribution is 0.249. The molecular formula is C16H23BrClN3. The van der Waals surface area contributed by atoms with Crippen LogP contribution in [0.1, 0.15) is 31.2 Å². The Hall–Kier alpha value is -0.320. The van der Waals surface area contributed by atoms with Crippen molar-refractivity contribution in [3.05, 3.63) is 22.3 Å². The van der Waals surface area contributed by atoms with Crippen molar-refractivity contribution in [3.8, 4) is 0 Å². The maximum absolute atomic E-state index is 6.07. The highest BCUT2D eigenvalue weighted by atomic mass is 79.9. The molecule has 116 valence electrons. The lowest BCUT2D eigenvalue weighted by Gasteiger charge is -2.35.